The van der Waals surface area contributed by atoms with Crippen LogP contribution >= 0.6 is 23.2 Å². The lowest BCUT2D eigenvalue weighted by molar-refractivity contribution is -0.149. The summed E-state index contributed by atoms with van der Waals surface area (Å²) in [6.45, 7) is 2.45. The minimum absolute atomic E-state index is 0.0359. The van der Waals surface area contributed by atoms with Crippen molar-refractivity contribution in [3.05, 3.63) is 28.2 Å². The molecule has 1 heterocycles. The van der Waals surface area contributed by atoms with Gasteiger partial charge in [0.1, 0.15) is 4.90 Å². The van der Waals surface area contributed by atoms with Gasteiger partial charge in [0.2, 0.25) is 10.0 Å². The van der Waals surface area contributed by atoms with E-state index in [2.05, 4.69) is 0 Å². The summed E-state index contributed by atoms with van der Waals surface area (Å²) in [5, 5.41) is 0.407. The quantitative estimate of drug-likeness (QED) is 0.769. The highest BCUT2D eigenvalue weighted by Gasteiger charge is 2.35. The number of ether oxygens (including phenoxy) is 1. The van der Waals surface area contributed by atoms with E-state index in [1.807, 2.05) is 0 Å². The number of carbonyl (C=O) groups excluding carboxylic acids is 1. The third-order valence-corrected chi connectivity index (χ3v) is 6.10. The number of esters is 1. The first kappa shape index (κ1) is 17.5. The number of benzene rings is 1. The fourth-order valence-electron chi connectivity index (χ4n) is 2.43. The Hall–Kier alpha value is -0.820. The van der Waals surface area contributed by atoms with Gasteiger partial charge in [0.15, 0.2) is 0 Å². The molecular weight excluding hydrogens is 349 g/mol. The van der Waals surface area contributed by atoms with Crippen LogP contribution < -0.4 is 0 Å². The normalized spacial score (nSPS) is 19.9. The van der Waals surface area contributed by atoms with Gasteiger partial charge in [0, 0.05) is 18.1 Å². The van der Waals surface area contributed by atoms with Crippen molar-refractivity contribution < 1.29 is 17.9 Å². The van der Waals surface area contributed by atoms with E-state index < -0.39 is 15.9 Å². The summed E-state index contributed by atoms with van der Waals surface area (Å²) in [5.41, 5.74) is 0. The summed E-state index contributed by atoms with van der Waals surface area (Å²) in [4.78, 5) is 11.8. The van der Waals surface area contributed by atoms with Gasteiger partial charge in [-0.05, 0) is 38.0 Å². The van der Waals surface area contributed by atoms with Crippen molar-refractivity contribution in [1.29, 1.82) is 0 Å². The van der Waals surface area contributed by atoms with Crippen LogP contribution in [0.2, 0.25) is 10.0 Å². The van der Waals surface area contributed by atoms with Crippen LogP contribution in [0.25, 0.3) is 0 Å². The summed E-state index contributed by atoms with van der Waals surface area (Å²) >= 11 is 11.9. The Morgan fingerprint density at radius 3 is 2.82 bits per heavy atom. The molecular formula is C14H17Cl2NO4S. The Morgan fingerprint density at radius 1 is 1.41 bits per heavy atom. The predicted molar refractivity (Wildman–Crippen MR) is 84.6 cm³/mol. The fourth-order valence-corrected chi connectivity index (χ4v) is 4.69. The minimum Gasteiger partial charge on any atom is -0.466 e. The molecule has 1 aliphatic heterocycles. The standard InChI is InChI=1S/C14H17Cl2NO4S/c1-2-21-14(18)10-4-3-7-17(9-10)22(19,20)13-8-11(15)5-6-12(13)16/h5-6,8,10H,2-4,7,9H2,1H3/t10-/m0/s1. The van der Waals surface area contributed by atoms with Gasteiger partial charge in [-0.1, -0.05) is 23.2 Å². The molecule has 0 aromatic heterocycles. The smallest absolute Gasteiger partial charge is 0.310 e. The van der Waals surface area contributed by atoms with Crippen LogP contribution in [0.5, 0.6) is 0 Å². The van der Waals surface area contributed by atoms with E-state index in [0.29, 0.717) is 24.4 Å². The zero-order valence-electron chi connectivity index (χ0n) is 12.1. The number of carbonyl (C=O) groups is 1. The zero-order valence-corrected chi connectivity index (χ0v) is 14.4. The van der Waals surface area contributed by atoms with Crippen molar-refractivity contribution in [3.63, 3.8) is 0 Å². The monoisotopic (exact) mass is 365 g/mol. The topological polar surface area (TPSA) is 63.7 Å². The Labute approximate surface area is 140 Å². The van der Waals surface area contributed by atoms with Crippen LogP contribution in [0.1, 0.15) is 19.8 Å². The lowest BCUT2D eigenvalue weighted by Gasteiger charge is -2.30. The predicted octanol–water partition coefficient (Wildman–Crippen LogP) is 2.96. The van der Waals surface area contributed by atoms with Crippen molar-refractivity contribution in [3.8, 4) is 0 Å². The molecule has 1 aromatic carbocycles. The Bertz CT molecular complexity index is 663. The molecule has 0 saturated carbocycles. The van der Waals surface area contributed by atoms with E-state index in [-0.39, 0.29) is 29.0 Å². The van der Waals surface area contributed by atoms with E-state index in [0.717, 1.165) is 0 Å². The fraction of sp³-hybridized carbons (Fsp3) is 0.500. The van der Waals surface area contributed by atoms with Gasteiger partial charge in [-0.25, -0.2) is 8.42 Å². The number of rotatable bonds is 4. The summed E-state index contributed by atoms with van der Waals surface area (Å²) in [5.74, 6) is -0.805. The number of sulfonamides is 1. The molecule has 2 rings (SSSR count). The first-order valence-electron chi connectivity index (χ1n) is 6.98. The van der Waals surface area contributed by atoms with Crippen molar-refractivity contribution >= 4 is 39.2 Å². The molecule has 8 heteroatoms. The number of hydrogen-bond donors (Lipinski definition) is 0. The van der Waals surface area contributed by atoms with E-state index in [1.54, 1.807) is 6.92 Å². The molecule has 1 saturated heterocycles. The Kier molecular flexibility index (Phi) is 5.71. The second kappa shape index (κ2) is 7.17. The molecule has 0 N–H and O–H groups in total. The second-order valence-electron chi connectivity index (χ2n) is 5.03. The summed E-state index contributed by atoms with van der Waals surface area (Å²) < 4.78 is 31.7. The molecule has 0 amide bonds. The van der Waals surface area contributed by atoms with E-state index in [1.165, 1.54) is 22.5 Å². The highest BCUT2D eigenvalue weighted by Crippen LogP contribution is 2.30. The summed E-state index contributed by atoms with van der Waals surface area (Å²) in [6, 6.07) is 4.30. The number of nitrogens with zero attached hydrogens (tertiary/aromatic N) is 1. The molecule has 0 unspecified atom stereocenters. The molecule has 122 valence electrons. The van der Waals surface area contributed by atoms with E-state index in [4.69, 9.17) is 27.9 Å². The lowest BCUT2D eigenvalue weighted by atomic mass is 10.0. The maximum atomic E-state index is 12.7. The number of hydrogen-bond acceptors (Lipinski definition) is 4. The zero-order chi connectivity index (χ0) is 16.3. The first-order valence-corrected chi connectivity index (χ1v) is 9.17. The molecule has 1 fully saturated rings. The molecule has 5 nitrogen and oxygen atoms in total. The number of piperidine rings is 1. The van der Waals surface area contributed by atoms with Gasteiger partial charge in [-0.2, -0.15) is 4.31 Å². The minimum atomic E-state index is -3.79. The van der Waals surface area contributed by atoms with Crippen molar-refractivity contribution in [2.45, 2.75) is 24.7 Å². The molecule has 1 atom stereocenters. The SMILES string of the molecule is CCOC(=O)[C@H]1CCCN(S(=O)(=O)c2cc(Cl)ccc2Cl)C1. The van der Waals surface area contributed by atoms with Gasteiger partial charge < -0.3 is 4.74 Å². The second-order valence-corrected chi connectivity index (χ2v) is 7.78. The van der Waals surface area contributed by atoms with Crippen LogP contribution in [-0.2, 0) is 19.6 Å². The summed E-state index contributed by atoms with van der Waals surface area (Å²) in [7, 11) is -3.79. The van der Waals surface area contributed by atoms with E-state index in [9.17, 15) is 13.2 Å². The van der Waals surface area contributed by atoms with Crippen LogP contribution in [0.15, 0.2) is 23.1 Å². The van der Waals surface area contributed by atoms with Crippen LogP contribution in [0.3, 0.4) is 0 Å². The molecule has 0 spiro atoms. The molecule has 0 radical (unpaired) electrons. The average Bonchev–Trinajstić information content (AvgIpc) is 2.50. The van der Waals surface area contributed by atoms with Gasteiger partial charge in [-0.15, -0.1) is 0 Å². The van der Waals surface area contributed by atoms with Crippen molar-refractivity contribution in [1.82, 2.24) is 4.31 Å². The highest BCUT2D eigenvalue weighted by atomic mass is 35.5. The maximum absolute atomic E-state index is 12.7. The maximum Gasteiger partial charge on any atom is 0.310 e. The third kappa shape index (κ3) is 3.74. The van der Waals surface area contributed by atoms with Crippen molar-refractivity contribution in [2.24, 2.45) is 5.92 Å². The molecule has 1 aliphatic rings. The van der Waals surface area contributed by atoms with Gasteiger partial charge in [-0.3, -0.25) is 4.79 Å². The van der Waals surface area contributed by atoms with Gasteiger partial charge in [0.25, 0.3) is 0 Å². The Balaban J connectivity index is 2.25. The average molecular weight is 366 g/mol. The molecule has 0 aliphatic carbocycles. The molecule has 0 bridgehead atoms. The molecule has 1 aromatic rings. The van der Waals surface area contributed by atoms with Crippen LogP contribution in [0, 0.1) is 5.92 Å². The van der Waals surface area contributed by atoms with Crippen LogP contribution in [-0.4, -0.2) is 38.4 Å². The lowest BCUT2D eigenvalue weighted by Crippen LogP contribution is -2.42. The van der Waals surface area contributed by atoms with Gasteiger partial charge >= 0.3 is 5.97 Å². The highest BCUT2D eigenvalue weighted by molar-refractivity contribution is 7.89. The first-order chi connectivity index (χ1) is 10.4. The Morgan fingerprint density at radius 2 is 2.14 bits per heavy atom. The third-order valence-electron chi connectivity index (χ3n) is 3.52. The summed E-state index contributed by atoms with van der Waals surface area (Å²) in [6.07, 6.45) is 1.22. The molecule has 22 heavy (non-hydrogen) atoms. The van der Waals surface area contributed by atoms with E-state index >= 15 is 0 Å². The van der Waals surface area contributed by atoms with Crippen molar-refractivity contribution in [2.75, 3.05) is 19.7 Å². The largest absolute Gasteiger partial charge is 0.466 e. The number of halogens is 2. The van der Waals surface area contributed by atoms with Gasteiger partial charge in [0.05, 0.1) is 17.5 Å². The van der Waals surface area contributed by atoms with Crippen LogP contribution in [0.4, 0.5) is 0 Å².